The van der Waals surface area contributed by atoms with Crippen LogP contribution in [0.2, 0.25) is 0 Å². The molecule has 0 aliphatic heterocycles. The van der Waals surface area contributed by atoms with Crippen molar-refractivity contribution in [1.82, 2.24) is 15.0 Å². The molecule has 0 unspecified atom stereocenters. The third-order valence-corrected chi connectivity index (χ3v) is 3.66. The monoisotopic (exact) mass is 295 g/mol. The quantitative estimate of drug-likeness (QED) is 0.664. The van der Waals surface area contributed by atoms with Crippen LogP contribution in [0.5, 0.6) is 0 Å². The number of nitrogens with one attached hydrogen (secondary N) is 1. The Morgan fingerprint density at radius 2 is 1.86 bits per heavy atom. The van der Waals surface area contributed by atoms with Crippen LogP contribution in [0.15, 0.2) is 42.6 Å². The van der Waals surface area contributed by atoms with Crippen molar-refractivity contribution in [3.63, 3.8) is 0 Å². The molecular weight excluding hydrogens is 278 g/mol. The zero-order valence-corrected chi connectivity index (χ0v) is 13.2. The van der Waals surface area contributed by atoms with Crippen LogP contribution in [0.3, 0.4) is 0 Å². The number of aromatic amines is 1. The fraction of sp³-hybridized carbons (Fsp3) is 0.235. The van der Waals surface area contributed by atoms with Gasteiger partial charge < -0.3 is 4.98 Å². The summed E-state index contributed by atoms with van der Waals surface area (Å²) in [6.07, 6.45) is 1.81. The third-order valence-electron chi connectivity index (χ3n) is 3.45. The molecule has 0 aliphatic carbocycles. The van der Waals surface area contributed by atoms with Crippen LogP contribution < -0.4 is 0 Å². The predicted molar refractivity (Wildman–Crippen MR) is 88.9 cm³/mol. The summed E-state index contributed by atoms with van der Waals surface area (Å²) in [4.78, 5) is 12.4. The lowest BCUT2D eigenvalue weighted by Crippen LogP contribution is -2.14. The molecule has 0 aliphatic rings. The van der Waals surface area contributed by atoms with Gasteiger partial charge in [-0.15, -0.1) is 0 Å². The molecule has 0 fully saturated rings. The second-order valence-electron chi connectivity index (χ2n) is 6.11. The maximum absolute atomic E-state index is 5.32. The molecule has 0 atom stereocenters. The predicted octanol–water partition coefficient (Wildman–Crippen LogP) is 4.65. The van der Waals surface area contributed by atoms with Crippen LogP contribution >= 0.6 is 12.2 Å². The zero-order chi connectivity index (χ0) is 15.0. The lowest BCUT2D eigenvalue weighted by Gasteiger charge is -2.19. The molecule has 0 spiro atoms. The first-order chi connectivity index (χ1) is 9.95. The van der Waals surface area contributed by atoms with Crippen LogP contribution in [0.4, 0.5) is 0 Å². The van der Waals surface area contributed by atoms with Crippen LogP contribution in [-0.2, 0) is 5.41 Å². The topological polar surface area (TPSA) is 41.6 Å². The Morgan fingerprint density at radius 1 is 1.10 bits per heavy atom. The molecular formula is C17H17N3S. The largest absolute Gasteiger partial charge is 0.341 e. The van der Waals surface area contributed by atoms with Gasteiger partial charge in [0, 0.05) is 22.7 Å². The van der Waals surface area contributed by atoms with Gasteiger partial charge in [-0.05, 0) is 17.5 Å². The van der Waals surface area contributed by atoms with E-state index in [-0.39, 0.29) is 5.41 Å². The maximum Gasteiger partial charge on any atom is 0.158 e. The standard InChI is InChI=1S/C17H17N3S/c1-17(2,3)13-10-14(21)20-16(19-13)15-12-7-5-4-6-11(12)8-9-18-15/h4-10H,1-3H3,(H,19,20,21). The molecule has 0 bridgehead atoms. The average Bonchev–Trinajstić information content (AvgIpc) is 2.45. The highest BCUT2D eigenvalue weighted by atomic mass is 32.1. The summed E-state index contributed by atoms with van der Waals surface area (Å²) < 4.78 is 0.586. The van der Waals surface area contributed by atoms with Gasteiger partial charge in [0.15, 0.2) is 5.82 Å². The summed E-state index contributed by atoms with van der Waals surface area (Å²) in [6.45, 7) is 6.44. The van der Waals surface area contributed by atoms with Gasteiger partial charge in [-0.2, -0.15) is 0 Å². The van der Waals surface area contributed by atoms with E-state index in [2.05, 4.69) is 47.9 Å². The summed E-state index contributed by atoms with van der Waals surface area (Å²) in [5.41, 5.74) is 1.88. The Labute approximate surface area is 129 Å². The van der Waals surface area contributed by atoms with E-state index in [0.29, 0.717) is 4.64 Å². The van der Waals surface area contributed by atoms with Crippen molar-refractivity contribution in [2.45, 2.75) is 26.2 Å². The maximum atomic E-state index is 5.32. The van der Waals surface area contributed by atoms with Crippen LogP contribution in [0.1, 0.15) is 26.5 Å². The fourth-order valence-corrected chi connectivity index (χ4v) is 2.49. The summed E-state index contributed by atoms with van der Waals surface area (Å²) >= 11 is 5.32. The van der Waals surface area contributed by atoms with Crippen LogP contribution in [0.25, 0.3) is 22.3 Å². The molecule has 3 nitrogen and oxygen atoms in total. The zero-order valence-electron chi connectivity index (χ0n) is 12.3. The molecule has 0 saturated heterocycles. The second-order valence-corrected chi connectivity index (χ2v) is 6.53. The first-order valence-electron chi connectivity index (χ1n) is 6.91. The van der Waals surface area contributed by atoms with Crippen molar-refractivity contribution in [2.24, 2.45) is 0 Å². The molecule has 0 radical (unpaired) electrons. The van der Waals surface area contributed by atoms with Crippen molar-refractivity contribution in [1.29, 1.82) is 0 Å². The number of aromatic nitrogens is 3. The van der Waals surface area contributed by atoms with E-state index >= 15 is 0 Å². The third kappa shape index (κ3) is 2.72. The SMILES string of the molecule is CC(C)(C)c1cc(=S)nc(-c2nccc3ccccc23)[nH]1. The molecule has 3 rings (SSSR count). The number of benzene rings is 1. The average molecular weight is 295 g/mol. The highest BCUT2D eigenvalue weighted by Crippen LogP contribution is 2.26. The van der Waals surface area contributed by atoms with E-state index in [1.807, 2.05) is 24.3 Å². The van der Waals surface area contributed by atoms with Crippen LogP contribution in [0, 0.1) is 4.64 Å². The Morgan fingerprint density at radius 3 is 2.62 bits per heavy atom. The number of rotatable bonds is 1. The summed E-state index contributed by atoms with van der Waals surface area (Å²) in [5, 5.41) is 2.22. The number of nitrogens with zero attached hydrogens (tertiary/aromatic N) is 2. The van der Waals surface area contributed by atoms with Gasteiger partial charge in [-0.1, -0.05) is 57.3 Å². The van der Waals surface area contributed by atoms with Crippen LogP contribution in [-0.4, -0.2) is 15.0 Å². The van der Waals surface area contributed by atoms with Gasteiger partial charge in [-0.3, -0.25) is 4.98 Å². The van der Waals surface area contributed by atoms with Crippen molar-refractivity contribution >= 4 is 23.0 Å². The van der Waals surface area contributed by atoms with Crippen molar-refractivity contribution in [3.8, 4) is 11.5 Å². The van der Waals surface area contributed by atoms with Gasteiger partial charge in [0.05, 0.1) is 0 Å². The fourth-order valence-electron chi connectivity index (χ4n) is 2.28. The van der Waals surface area contributed by atoms with Gasteiger partial charge in [-0.25, -0.2) is 4.98 Å². The van der Waals surface area contributed by atoms with Gasteiger partial charge >= 0.3 is 0 Å². The smallest absolute Gasteiger partial charge is 0.158 e. The molecule has 21 heavy (non-hydrogen) atoms. The minimum Gasteiger partial charge on any atom is -0.341 e. The van der Waals surface area contributed by atoms with E-state index < -0.39 is 0 Å². The summed E-state index contributed by atoms with van der Waals surface area (Å²) in [5.74, 6) is 0.726. The number of hydrogen-bond acceptors (Lipinski definition) is 3. The molecule has 2 aromatic heterocycles. The minimum absolute atomic E-state index is 0.0180. The Hall–Kier alpha value is -2.07. The van der Waals surface area contributed by atoms with E-state index in [1.165, 1.54) is 0 Å². The van der Waals surface area contributed by atoms with Gasteiger partial charge in [0.2, 0.25) is 0 Å². The Kier molecular flexibility index (Phi) is 3.33. The molecule has 106 valence electrons. The van der Waals surface area contributed by atoms with Gasteiger partial charge in [0.25, 0.3) is 0 Å². The lowest BCUT2D eigenvalue weighted by molar-refractivity contribution is 0.567. The van der Waals surface area contributed by atoms with Gasteiger partial charge in [0.1, 0.15) is 10.3 Å². The normalized spacial score (nSPS) is 11.8. The molecule has 4 heteroatoms. The second kappa shape index (κ2) is 5.04. The first kappa shape index (κ1) is 13.9. The van der Waals surface area contributed by atoms with Crippen molar-refractivity contribution in [2.75, 3.05) is 0 Å². The molecule has 0 amide bonds. The number of fused-ring (bicyclic) bond motifs is 1. The highest BCUT2D eigenvalue weighted by Gasteiger charge is 2.17. The lowest BCUT2D eigenvalue weighted by atomic mass is 9.92. The van der Waals surface area contributed by atoms with E-state index in [4.69, 9.17) is 12.2 Å². The van der Waals surface area contributed by atoms with E-state index in [1.54, 1.807) is 6.20 Å². The highest BCUT2D eigenvalue weighted by molar-refractivity contribution is 7.71. The summed E-state index contributed by atoms with van der Waals surface area (Å²) in [6, 6.07) is 12.1. The summed E-state index contributed by atoms with van der Waals surface area (Å²) in [7, 11) is 0. The Balaban J connectivity index is 2.29. The molecule has 3 aromatic rings. The number of H-pyrrole nitrogens is 1. The molecule has 0 saturated carbocycles. The Bertz CT molecular complexity index is 854. The minimum atomic E-state index is -0.0180. The van der Waals surface area contributed by atoms with Crippen molar-refractivity contribution in [3.05, 3.63) is 52.9 Å². The number of pyridine rings is 1. The molecule has 1 aromatic carbocycles. The van der Waals surface area contributed by atoms with E-state index in [0.717, 1.165) is 28.0 Å². The van der Waals surface area contributed by atoms with Crippen molar-refractivity contribution < 1.29 is 0 Å². The molecule has 2 heterocycles. The molecule has 1 N–H and O–H groups in total. The van der Waals surface area contributed by atoms with E-state index in [9.17, 15) is 0 Å². The first-order valence-corrected chi connectivity index (χ1v) is 7.32. The number of hydrogen-bond donors (Lipinski definition) is 1.